The fraction of sp³-hybridized carbons (Fsp3) is 0.455. The Kier molecular flexibility index (Phi) is 5.65. The minimum Gasteiger partial charge on any atom is -0.368 e. The molecule has 5 rings (SSSR count). The molecule has 3 aromatic rings. The number of nitrogens with one attached hydrogen (secondary N) is 1. The standard InChI is InChI=1S/C22H27FN8OS/c1-13-9-16(29-6-5-15(23)11-29)3-4-17(13)26-22(32)30-7-8-31(14(2)10-30)19-18-20(33-12-25-18)28-21(24)27-19/h3-4,9,12,14-15H,5-8,10-11H2,1-2H3,(H,26,32)(H2,24,27,28)/t14-,15?/m0/s1. The summed E-state index contributed by atoms with van der Waals surface area (Å²) in [6.45, 7) is 6.89. The number of benzene rings is 1. The van der Waals surface area contributed by atoms with E-state index in [0.29, 0.717) is 32.6 Å². The molecule has 1 unspecified atom stereocenters. The highest BCUT2D eigenvalue weighted by Gasteiger charge is 2.30. The molecule has 4 heterocycles. The summed E-state index contributed by atoms with van der Waals surface area (Å²) in [5.74, 6) is 0.944. The molecular formula is C22H27FN8OS. The first-order valence-corrected chi connectivity index (χ1v) is 12.0. The smallest absolute Gasteiger partial charge is 0.321 e. The van der Waals surface area contributed by atoms with E-state index in [9.17, 15) is 9.18 Å². The van der Waals surface area contributed by atoms with Gasteiger partial charge in [-0.1, -0.05) is 0 Å². The summed E-state index contributed by atoms with van der Waals surface area (Å²) < 4.78 is 13.5. The Morgan fingerprint density at radius 2 is 2.09 bits per heavy atom. The van der Waals surface area contributed by atoms with E-state index in [-0.39, 0.29) is 18.0 Å². The van der Waals surface area contributed by atoms with Crippen molar-refractivity contribution in [3.8, 4) is 0 Å². The number of nitrogens with zero attached hydrogens (tertiary/aromatic N) is 6. The van der Waals surface area contributed by atoms with Crippen LogP contribution in [0.25, 0.3) is 10.3 Å². The van der Waals surface area contributed by atoms with E-state index in [1.807, 2.05) is 34.9 Å². The number of aromatic nitrogens is 3. The molecule has 2 fully saturated rings. The summed E-state index contributed by atoms with van der Waals surface area (Å²) in [4.78, 5) is 32.8. The number of fused-ring (bicyclic) bond motifs is 1. The number of rotatable bonds is 3. The molecule has 2 saturated heterocycles. The summed E-state index contributed by atoms with van der Waals surface area (Å²) >= 11 is 1.43. The first kappa shape index (κ1) is 21.6. The van der Waals surface area contributed by atoms with Crippen molar-refractivity contribution in [2.45, 2.75) is 32.5 Å². The summed E-state index contributed by atoms with van der Waals surface area (Å²) in [5.41, 5.74) is 11.1. The van der Waals surface area contributed by atoms with E-state index in [1.54, 1.807) is 5.51 Å². The molecule has 0 bridgehead atoms. The van der Waals surface area contributed by atoms with Gasteiger partial charge < -0.3 is 25.8 Å². The van der Waals surface area contributed by atoms with E-state index < -0.39 is 6.17 Å². The van der Waals surface area contributed by atoms with E-state index in [0.717, 1.165) is 39.6 Å². The number of alkyl halides is 1. The highest BCUT2D eigenvalue weighted by Crippen LogP contribution is 2.30. The second-order valence-electron chi connectivity index (χ2n) is 8.66. The lowest BCUT2D eigenvalue weighted by molar-refractivity contribution is 0.200. The van der Waals surface area contributed by atoms with Gasteiger partial charge in [-0.2, -0.15) is 4.98 Å². The number of amides is 2. The number of urea groups is 1. The van der Waals surface area contributed by atoms with E-state index in [4.69, 9.17) is 5.73 Å². The molecule has 2 amide bonds. The molecule has 33 heavy (non-hydrogen) atoms. The van der Waals surface area contributed by atoms with Crippen LogP contribution in [-0.2, 0) is 0 Å². The normalized spacial score (nSPS) is 21.1. The van der Waals surface area contributed by atoms with Gasteiger partial charge in [-0.15, -0.1) is 11.3 Å². The maximum absolute atomic E-state index is 13.5. The van der Waals surface area contributed by atoms with Gasteiger partial charge in [0.05, 0.1) is 5.51 Å². The average molecular weight is 471 g/mol. The van der Waals surface area contributed by atoms with Crippen LogP contribution in [0.1, 0.15) is 18.9 Å². The Hall–Kier alpha value is -3.21. The van der Waals surface area contributed by atoms with Crippen LogP contribution < -0.4 is 20.9 Å². The third-order valence-corrected chi connectivity index (χ3v) is 7.05. The maximum Gasteiger partial charge on any atom is 0.321 e. The van der Waals surface area contributed by atoms with Crippen LogP contribution in [-0.4, -0.2) is 70.8 Å². The molecule has 9 nitrogen and oxygen atoms in total. The predicted octanol–water partition coefficient (Wildman–Crippen LogP) is 3.27. The van der Waals surface area contributed by atoms with E-state index >= 15 is 0 Å². The molecule has 0 spiro atoms. The number of carbonyl (C=O) groups is 1. The number of aryl methyl sites for hydroxylation is 1. The lowest BCUT2D eigenvalue weighted by atomic mass is 10.1. The van der Waals surface area contributed by atoms with Crippen molar-refractivity contribution in [3.63, 3.8) is 0 Å². The lowest BCUT2D eigenvalue weighted by Gasteiger charge is -2.40. The molecule has 3 N–H and O–H groups in total. The number of hydrogen-bond donors (Lipinski definition) is 2. The number of anilines is 4. The van der Waals surface area contributed by atoms with Crippen molar-refractivity contribution < 1.29 is 9.18 Å². The number of carbonyl (C=O) groups excluding carboxylic acids is 1. The molecule has 0 aliphatic carbocycles. The van der Waals surface area contributed by atoms with Gasteiger partial charge in [-0.3, -0.25) is 0 Å². The van der Waals surface area contributed by atoms with Crippen LogP contribution in [0.4, 0.5) is 32.3 Å². The summed E-state index contributed by atoms with van der Waals surface area (Å²) in [7, 11) is 0. The van der Waals surface area contributed by atoms with Crippen molar-refractivity contribution in [1.82, 2.24) is 19.9 Å². The molecule has 2 aliphatic rings. The van der Waals surface area contributed by atoms with Gasteiger partial charge in [-0.05, 0) is 44.0 Å². The first-order chi connectivity index (χ1) is 15.9. The second-order valence-corrected chi connectivity index (χ2v) is 9.49. The highest BCUT2D eigenvalue weighted by molar-refractivity contribution is 7.16. The second kappa shape index (κ2) is 8.62. The Labute approximate surface area is 195 Å². The van der Waals surface area contributed by atoms with Crippen LogP contribution in [0.5, 0.6) is 0 Å². The van der Waals surface area contributed by atoms with Gasteiger partial charge in [-0.25, -0.2) is 19.2 Å². The third-order valence-electron chi connectivity index (χ3n) is 6.33. The van der Waals surface area contributed by atoms with Gasteiger partial charge in [0.25, 0.3) is 0 Å². The van der Waals surface area contributed by atoms with Crippen molar-refractivity contribution in [2.24, 2.45) is 0 Å². The molecular weight excluding hydrogens is 443 g/mol. The molecule has 0 saturated carbocycles. The fourth-order valence-electron chi connectivity index (χ4n) is 4.55. The Morgan fingerprint density at radius 3 is 2.82 bits per heavy atom. The third kappa shape index (κ3) is 4.24. The van der Waals surface area contributed by atoms with Crippen LogP contribution in [0.15, 0.2) is 23.7 Å². The first-order valence-electron chi connectivity index (χ1n) is 11.1. The van der Waals surface area contributed by atoms with Crippen molar-refractivity contribution in [3.05, 3.63) is 29.3 Å². The summed E-state index contributed by atoms with van der Waals surface area (Å²) in [6, 6.07) is 5.75. The fourth-order valence-corrected chi connectivity index (χ4v) is 5.21. The average Bonchev–Trinajstić information content (AvgIpc) is 3.43. The van der Waals surface area contributed by atoms with Crippen molar-refractivity contribution in [1.29, 1.82) is 0 Å². The quantitative estimate of drug-likeness (QED) is 0.605. The van der Waals surface area contributed by atoms with E-state index in [2.05, 4.69) is 32.1 Å². The maximum atomic E-state index is 13.5. The molecule has 11 heteroatoms. The number of hydrogen-bond acceptors (Lipinski definition) is 8. The minimum absolute atomic E-state index is 0.0379. The van der Waals surface area contributed by atoms with Gasteiger partial charge >= 0.3 is 6.03 Å². The van der Waals surface area contributed by atoms with Gasteiger partial charge in [0.1, 0.15) is 11.7 Å². The number of thiazole rings is 1. The molecule has 2 atom stereocenters. The molecule has 0 radical (unpaired) electrons. The molecule has 174 valence electrons. The van der Waals surface area contributed by atoms with Gasteiger partial charge in [0.2, 0.25) is 5.95 Å². The zero-order valence-corrected chi connectivity index (χ0v) is 19.5. The Bertz CT molecular complexity index is 1190. The zero-order valence-electron chi connectivity index (χ0n) is 18.7. The number of nitrogens with two attached hydrogens (primary N) is 1. The molecule has 2 aliphatic heterocycles. The minimum atomic E-state index is -0.768. The lowest BCUT2D eigenvalue weighted by Crippen LogP contribution is -2.55. The number of piperazine rings is 1. The molecule has 2 aromatic heterocycles. The van der Waals surface area contributed by atoms with Crippen molar-refractivity contribution in [2.75, 3.05) is 53.6 Å². The van der Waals surface area contributed by atoms with Crippen LogP contribution >= 0.6 is 11.3 Å². The Balaban J connectivity index is 1.25. The largest absolute Gasteiger partial charge is 0.368 e. The van der Waals surface area contributed by atoms with Gasteiger partial charge in [0, 0.05) is 50.1 Å². The van der Waals surface area contributed by atoms with E-state index in [1.165, 1.54) is 11.3 Å². The van der Waals surface area contributed by atoms with Crippen LogP contribution in [0.2, 0.25) is 0 Å². The SMILES string of the molecule is Cc1cc(N2CCC(F)C2)ccc1NC(=O)N1CCN(c2nc(N)nc3scnc23)[C@@H](C)C1. The van der Waals surface area contributed by atoms with Crippen molar-refractivity contribution >= 4 is 50.9 Å². The zero-order chi connectivity index (χ0) is 23.1. The monoisotopic (exact) mass is 470 g/mol. The van der Waals surface area contributed by atoms with Crippen LogP contribution in [0.3, 0.4) is 0 Å². The summed E-state index contributed by atoms with van der Waals surface area (Å²) in [5, 5.41) is 3.04. The van der Waals surface area contributed by atoms with Gasteiger partial charge in [0.15, 0.2) is 10.6 Å². The van der Waals surface area contributed by atoms with Crippen LogP contribution in [0, 0.1) is 6.92 Å². The number of halogens is 1. The molecule has 1 aromatic carbocycles. The summed E-state index contributed by atoms with van der Waals surface area (Å²) in [6.07, 6.45) is -0.201. The Morgan fingerprint density at radius 1 is 1.24 bits per heavy atom. The topological polar surface area (TPSA) is 104 Å². The predicted molar refractivity (Wildman–Crippen MR) is 130 cm³/mol. The number of nitrogen functional groups attached to an aromatic ring is 1. The highest BCUT2D eigenvalue weighted by atomic mass is 32.1.